The second-order valence-electron chi connectivity index (χ2n) is 5.62. The van der Waals surface area contributed by atoms with Crippen LogP contribution in [0.5, 0.6) is 0 Å². The van der Waals surface area contributed by atoms with E-state index in [9.17, 15) is 4.79 Å². The van der Waals surface area contributed by atoms with Gasteiger partial charge in [0.15, 0.2) is 5.82 Å². The van der Waals surface area contributed by atoms with Crippen molar-refractivity contribution in [1.82, 2.24) is 10.1 Å². The maximum atomic E-state index is 12.6. The van der Waals surface area contributed by atoms with Crippen molar-refractivity contribution in [3.8, 4) is 11.5 Å². The summed E-state index contributed by atoms with van der Waals surface area (Å²) in [4.78, 5) is 18.1. The number of aromatic nitrogens is 2. The van der Waals surface area contributed by atoms with E-state index in [2.05, 4.69) is 38.0 Å². The van der Waals surface area contributed by atoms with Gasteiger partial charge in [0.25, 0.3) is 11.8 Å². The number of fused-ring (bicyclic) bond motifs is 1. The molecule has 0 spiro atoms. The number of hydrogen-bond donors (Lipinski definition) is 1. The molecule has 1 aromatic carbocycles. The van der Waals surface area contributed by atoms with Crippen LogP contribution in [0.1, 0.15) is 26.6 Å². The van der Waals surface area contributed by atoms with Crippen LogP contribution in [-0.4, -0.2) is 22.7 Å². The van der Waals surface area contributed by atoms with Gasteiger partial charge in [0, 0.05) is 14.0 Å². The average molecular weight is 467 g/mol. The van der Waals surface area contributed by atoms with Crippen LogP contribution < -0.4 is 5.32 Å². The zero-order chi connectivity index (χ0) is 17.4. The molecule has 3 aromatic rings. The molecule has 6 nitrogen and oxygen atoms in total. The van der Waals surface area contributed by atoms with Crippen molar-refractivity contribution >= 4 is 44.8 Å². The Morgan fingerprint density at radius 3 is 2.84 bits per heavy atom. The van der Waals surface area contributed by atoms with E-state index in [0.717, 1.165) is 31.0 Å². The minimum absolute atomic E-state index is 0.159. The van der Waals surface area contributed by atoms with E-state index in [-0.39, 0.29) is 5.91 Å². The lowest BCUT2D eigenvalue weighted by Crippen LogP contribution is -2.12. The van der Waals surface area contributed by atoms with Crippen LogP contribution in [0.25, 0.3) is 11.5 Å². The number of carbonyl (C=O) groups is 1. The molecule has 0 saturated heterocycles. The van der Waals surface area contributed by atoms with Crippen molar-refractivity contribution in [3.05, 3.63) is 49.7 Å². The van der Waals surface area contributed by atoms with Crippen LogP contribution in [0.4, 0.5) is 5.00 Å². The number of halogens is 1. The number of nitrogens with zero attached hydrogens (tertiary/aromatic N) is 2. The number of thiophene rings is 1. The number of amides is 1. The molecule has 0 radical (unpaired) electrons. The van der Waals surface area contributed by atoms with Crippen molar-refractivity contribution in [2.24, 2.45) is 0 Å². The van der Waals surface area contributed by atoms with Crippen LogP contribution >= 0.6 is 33.9 Å². The first-order valence-electron chi connectivity index (χ1n) is 7.71. The zero-order valence-corrected chi connectivity index (χ0v) is 16.3. The van der Waals surface area contributed by atoms with Crippen LogP contribution in [0.2, 0.25) is 0 Å². The molecular formula is C17H14IN3O3S. The fourth-order valence-electron chi connectivity index (χ4n) is 2.72. The monoisotopic (exact) mass is 467 g/mol. The quantitative estimate of drug-likeness (QED) is 0.589. The van der Waals surface area contributed by atoms with Crippen molar-refractivity contribution in [2.75, 3.05) is 11.9 Å². The highest BCUT2D eigenvalue weighted by molar-refractivity contribution is 14.1. The van der Waals surface area contributed by atoms with Gasteiger partial charge in [-0.05, 0) is 65.8 Å². The first kappa shape index (κ1) is 16.7. The molecule has 1 N–H and O–H groups in total. The summed E-state index contributed by atoms with van der Waals surface area (Å²) in [5.74, 6) is 0.847. The Hall–Kier alpha value is -1.78. The second kappa shape index (κ2) is 6.85. The van der Waals surface area contributed by atoms with Gasteiger partial charge in [0.05, 0.1) is 18.8 Å². The number of benzene rings is 1. The summed E-state index contributed by atoms with van der Waals surface area (Å²) in [6.07, 6.45) is 0.766. The fraction of sp³-hybridized carbons (Fsp3) is 0.235. The molecule has 8 heteroatoms. The Kier molecular flexibility index (Phi) is 4.57. The van der Waals surface area contributed by atoms with E-state index in [0.29, 0.717) is 30.5 Å². The number of rotatable bonds is 3. The van der Waals surface area contributed by atoms with Gasteiger partial charge in [-0.3, -0.25) is 4.79 Å². The number of ether oxygens (including phenoxy) is 1. The highest BCUT2D eigenvalue weighted by Crippen LogP contribution is 2.42. The van der Waals surface area contributed by atoms with Gasteiger partial charge in [-0.25, -0.2) is 0 Å². The largest absolute Gasteiger partial charge is 0.376 e. The Bertz CT molecular complexity index is 933. The number of hydrogen-bond acceptors (Lipinski definition) is 6. The summed E-state index contributed by atoms with van der Waals surface area (Å²) >= 11 is 3.72. The maximum absolute atomic E-state index is 12.6. The summed E-state index contributed by atoms with van der Waals surface area (Å²) in [5.41, 5.74) is 2.55. The van der Waals surface area contributed by atoms with Crippen molar-refractivity contribution in [2.45, 2.75) is 20.0 Å². The van der Waals surface area contributed by atoms with Crippen molar-refractivity contribution in [3.63, 3.8) is 0 Å². The molecule has 0 bridgehead atoms. The maximum Gasteiger partial charge on any atom is 0.261 e. The molecule has 128 valence electrons. The molecule has 1 amide bonds. The smallest absolute Gasteiger partial charge is 0.261 e. The molecule has 0 fully saturated rings. The third kappa shape index (κ3) is 3.33. The molecular weight excluding hydrogens is 453 g/mol. The molecule has 4 rings (SSSR count). The van der Waals surface area contributed by atoms with Crippen molar-refractivity contribution in [1.29, 1.82) is 0 Å². The van der Waals surface area contributed by atoms with Gasteiger partial charge < -0.3 is 14.6 Å². The summed E-state index contributed by atoms with van der Waals surface area (Å²) < 4.78 is 12.0. The molecule has 25 heavy (non-hydrogen) atoms. The van der Waals surface area contributed by atoms with Gasteiger partial charge in [-0.1, -0.05) is 5.16 Å². The predicted octanol–water partition coefficient (Wildman–Crippen LogP) is 4.04. The third-order valence-corrected chi connectivity index (χ3v) is 5.74. The molecule has 1 aliphatic rings. The van der Waals surface area contributed by atoms with Crippen LogP contribution in [0.3, 0.4) is 0 Å². The second-order valence-corrected chi connectivity index (χ2v) is 7.97. The molecule has 3 heterocycles. The van der Waals surface area contributed by atoms with Gasteiger partial charge in [0.1, 0.15) is 5.00 Å². The highest BCUT2D eigenvalue weighted by atomic mass is 127. The SMILES string of the molecule is Cc1noc(-c2c(NC(=O)c3ccc(I)cc3)sc3c2CCOC3)n1. The first-order valence-corrected chi connectivity index (χ1v) is 9.61. The van der Waals surface area contributed by atoms with Gasteiger partial charge in [0.2, 0.25) is 0 Å². The van der Waals surface area contributed by atoms with E-state index in [1.54, 1.807) is 6.92 Å². The Balaban J connectivity index is 1.72. The van der Waals surface area contributed by atoms with Crippen LogP contribution in [0.15, 0.2) is 28.8 Å². The number of carbonyl (C=O) groups excluding carboxylic acids is 1. The van der Waals surface area contributed by atoms with Crippen molar-refractivity contribution < 1.29 is 14.1 Å². The van der Waals surface area contributed by atoms with Gasteiger partial charge in [-0.15, -0.1) is 11.3 Å². The van der Waals surface area contributed by atoms with Gasteiger partial charge in [-0.2, -0.15) is 4.98 Å². The van der Waals surface area contributed by atoms with E-state index < -0.39 is 0 Å². The Morgan fingerprint density at radius 1 is 1.32 bits per heavy atom. The molecule has 0 unspecified atom stereocenters. The van der Waals surface area contributed by atoms with E-state index in [1.165, 1.54) is 11.3 Å². The number of anilines is 1. The van der Waals surface area contributed by atoms with Crippen LogP contribution in [-0.2, 0) is 17.8 Å². The topological polar surface area (TPSA) is 77.2 Å². The Morgan fingerprint density at radius 2 is 2.12 bits per heavy atom. The van der Waals surface area contributed by atoms with E-state index in [4.69, 9.17) is 9.26 Å². The number of aryl methyl sites for hydroxylation is 1. The molecule has 1 aliphatic heterocycles. The average Bonchev–Trinajstić information content (AvgIpc) is 3.18. The normalized spacial score (nSPS) is 13.5. The third-order valence-electron chi connectivity index (χ3n) is 3.90. The molecule has 2 aromatic heterocycles. The molecule has 0 aliphatic carbocycles. The van der Waals surface area contributed by atoms with Gasteiger partial charge >= 0.3 is 0 Å². The lowest BCUT2D eigenvalue weighted by molar-refractivity contribution is 0.102. The zero-order valence-electron chi connectivity index (χ0n) is 13.3. The van der Waals surface area contributed by atoms with E-state index >= 15 is 0 Å². The minimum Gasteiger partial charge on any atom is -0.376 e. The minimum atomic E-state index is -0.159. The molecule has 0 saturated carbocycles. The summed E-state index contributed by atoms with van der Waals surface area (Å²) in [6, 6.07) is 7.44. The number of nitrogens with one attached hydrogen (secondary N) is 1. The summed E-state index contributed by atoms with van der Waals surface area (Å²) in [5, 5.41) is 7.61. The lowest BCUT2D eigenvalue weighted by atomic mass is 10.1. The summed E-state index contributed by atoms with van der Waals surface area (Å²) in [7, 11) is 0. The Labute approximate surface area is 161 Å². The lowest BCUT2D eigenvalue weighted by Gasteiger charge is -2.12. The van der Waals surface area contributed by atoms with E-state index in [1.807, 2.05) is 24.3 Å². The fourth-order valence-corrected chi connectivity index (χ4v) is 4.25. The summed E-state index contributed by atoms with van der Waals surface area (Å²) in [6.45, 7) is 2.96. The predicted molar refractivity (Wildman–Crippen MR) is 103 cm³/mol. The first-order chi connectivity index (χ1) is 12.1. The highest BCUT2D eigenvalue weighted by Gasteiger charge is 2.26. The molecule has 0 atom stereocenters. The van der Waals surface area contributed by atoms with Crippen LogP contribution in [0, 0.1) is 10.5 Å². The standard InChI is InChI=1S/C17H14IN3O3S/c1-9-19-16(24-21-9)14-12-6-7-23-8-13(12)25-17(14)20-15(22)10-2-4-11(18)5-3-10/h2-5H,6-8H2,1H3,(H,20,22).